The zero-order valence-corrected chi connectivity index (χ0v) is 17.6. The van der Waals surface area contributed by atoms with E-state index in [1.54, 1.807) is 6.92 Å². The summed E-state index contributed by atoms with van der Waals surface area (Å²) in [5, 5.41) is 2.31. The minimum Gasteiger partial charge on any atom is -0.342 e. The fraction of sp³-hybridized carbons (Fsp3) is 0.364. The summed E-state index contributed by atoms with van der Waals surface area (Å²) >= 11 is 1.09. The molecule has 156 valence electrons. The first-order valence-electron chi connectivity index (χ1n) is 9.12. The van der Waals surface area contributed by atoms with Crippen molar-refractivity contribution in [1.29, 1.82) is 0 Å². The molecule has 0 aliphatic rings. The molecule has 7 heteroatoms. The van der Waals surface area contributed by atoms with E-state index >= 15 is 0 Å². The van der Waals surface area contributed by atoms with Crippen LogP contribution in [0.4, 0.5) is 13.2 Å². The molecule has 0 radical (unpaired) electrons. The number of benzene rings is 2. The Morgan fingerprint density at radius 1 is 0.931 bits per heavy atom. The molecule has 1 N–H and O–H groups in total. The van der Waals surface area contributed by atoms with Crippen molar-refractivity contribution in [2.75, 3.05) is 0 Å². The quantitative estimate of drug-likeness (QED) is 0.683. The van der Waals surface area contributed by atoms with Crippen LogP contribution in [0.5, 0.6) is 0 Å². The minimum absolute atomic E-state index is 0.0542. The van der Waals surface area contributed by atoms with Gasteiger partial charge in [0.05, 0.1) is 11.6 Å². The number of rotatable bonds is 5. The molecule has 2 aromatic rings. The molecular formula is C22H24F3NO2S. The highest BCUT2D eigenvalue weighted by atomic mass is 32.2. The maximum atomic E-state index is 12.6. The van der Waals surface area contributed by atoms with E-state index in [0.717, 1.165) is 41.6 Å². The molecule has 1 amide bonds. The van der Waals surface area contributed by atoms with E-state index in [1.165, 1.54) is 5.56 Å². The Labute approximate surface area is 173 Å². The van der Waals surface area contributed by atoms with Gasteiger partial charge in [-0.15, -0.1) is 0 Å². The number of halogens is 3. The lowest BCUT2D eigenvalue weighted by Crippen LogP contribution is -2.37. The SMILES string of the molecule is C[C@@H](NC(=O)c1ccc(C(F)(F)F)cc1)C(=O)SCc1ccc(C(C)(C)C)cc1. The molecule has 0 aromatic heterocycles. The predicted molar refractivity (Wildman–Crippen MR) is 110 cm³/mol. The molecule has 0 heterocycles. The summed E-state index contributed by atoms with van der Waals surface area (Å²) in [7, 11) is 0. The molecule has 0 fully saturated rings. The summed E-state index contributed by atoms with van der Waals surface area (Å²) in [5.41, 5.74) is 1.50. The first-order chi connectivity index (χ1) is 13.4. The van der Waals surface area contributed by atoms with Crippen molar-refractivity contribution in [3.63, 3.8) is 0 Å². The number of amides is 1. The summed E-state index contributed by atoms with van der Waals surface area (Å²) in [6.45, 7) is 7.93. The molecule has 0 spiro atoms. The first kappa shape index (κ1) is 23.0. The monoisotopic (exact) mass is 423 g/mol. The van der Waals surface area contributed by atoms with Crippen molar-refractivity contribution in [3.05, 3.63) is 70.8 Å². The molecule has 3 nitrogen and oxygen atoms in total. The lowest BCUT2D eigenvalue weighted by atomic mass is 9.87. The van der Waals surface area contributed by atoms with Crippen LogP contribution in [0.1, 0.15) is 54.7 Å². The Morgan fingerprint density at radius 2 is 1.45 bits per heavy atom. The summed E-state index contributed by atoms with van der Waals surface area (Å²) in [5.74, 6) is -0.112. The van der Waals surface area contributed by atoms with E-state index in [1.807, 2.05) is 24.3 Å². The molecule has 1 atom stereocenters. The highest BCUT2D eigenvalue weighted by Gasteiger charge is 2.30. The molecule has 0 aliphatic carbocycles. The molecule has 0 aliphatic heterocycles. The minimum atomic E-state index is -4.46. The van der Waals surface area contributed by atoms with Crippen LogP contribution in [0.2, 0.25) is 0 Å². The Balaban J connectivity index is 1.89. The number of carbonyl (C=O) groups excluding carboxylic acids is 2. The molecule has 2 aromatic carbocycles. The van der Waals surface area contributed by atoms with Crippen LogP contribution in [0.25, 0.3) is 0 Å². The van der Waals surface area contributed by atoms with E-state index in [-0.39, 0.29) is 16.1 Å². The molecule has 0 saturated carbocycles. The lowest BCUT2D eigenvalue weighted by Gasteiger charge is -2.19. The van der Waals surface area contributed by atoms with Gasteiger partial charge in [0.2, 0.25) is 5.12 Å². The topological polar surface area (TPSA) is 46.2 Å². The van der Waals surface area contributed by atoms with Gasteiger partial charge in [-0.25, -0.2) is 0 Å². The molecule has 0 unspecified atom stereocenters. The van der Waals surface area contributed by atoms with Gasteiger partial charge in [-0.1, -0.05) is 56.8 Å². The zero-order valence-electron chi connectivity index (χ0n) is 16.8. The Morgan fingerprint density at radius 3 is 1.93 bits per heavy atom. The normalized spacial score (nSPS) is 13.1. The zero-order chi connectivity index (χ0) is 21.8. The van der Waals surface area contributed by atoms with Crippen LogP contribution in [0.3, 0.4) is 0 Å². The van der Waals surface area contributed by atoms with Crippen molar-refractivity contribution in [2.24, 2.45) is 0 Å². The van der Waals surface area contributed by atoms with Crippen molar-refractivity contribution in [3.8, 4) is 0 Å². The van der Waals surface area contributed by atoms with Gasteiger partial charge in [-0.05, 0) is 47.7 Å². The van der Waals surface area contributed by atoms with Crippen LogP contribution in [0, 0.1) is 0 Å². The summed E-state index contributed by atoms with van der Waals surface area (Å²) < 4.78 is 37.8. The van der Waals surface area contributed by atoms with E-state index < -0.39 is 23.7 Å². The van der Waals surface area contributed by atoms with Gasteiger partial charge in [0.25, 0.3) is 5.91 Å². The fourth-order valence-corrected chi connectivity index (χ4v) is 3.34. The second-order valence-corrected chi connectivity index (χ2v) is 8.80. The third-order valence-corrected chi connectivity index (χ3v) is 5.49. The second kappa shape index (κ2) is 9.03. The average Bonchev–Trinajstić information content (AvgIpc) is 2.65. The van der Waals surface area contributed by atoms with Crippen LogP contribution in [-0.2, 0) is 22.1 Å². The maximum Gasteiger partial charge on any atom is 0.416 e. The third kappa shape index (κ3) is 6.63. The largest absolute Gasteiger partial charge is 0.416 e. The maximum absolute atomic E-state index is 12.6. The van der Waals surface area contributed by atoms with Gasteiger partial charge >= 0.3 is 6.18 Å². The summed E-state index contributed by atoms with van der Waals surface area (Å²) in [6.07, 6.45) is -4.46. The molecule has 0 bridgehead atoms. The number of thioether (sulfide) groups is 1. The van der Waals surface area contributed by atoms with Crippen LogP contribution in [0.15, 0.2) is 48.5 Å². The Kier molecular flexibility index (Phi) is 7.16. The highest BCUT2D eigenvalue weighted by molar-refractivity contribution is 8.13. The van der Waals surface area contributed by atoms with Crippen molar-refractivity contribution in [2.45, 2.75) is 51.1 Å². The molecule has 29 heavy (non-hydrogen) atoms. The van der Waals surface area contributed by atoms with Crippen molar-refractivity contribution in [1.82, 2.24) is 5.32 Å². The van der Waals surface area contributed by atoms with Gasteiger partial charge < -0.3 is 5.32 Å². The summed E-state index contributed by atoms with van der Waals surface area (Å²) in [4.78, 5) is 24.5. The van der Waals surface area contributed by atoms with Gasteiger partial charge in [0.15, 0.2) is 0 Å². The fourth-order valence-electron chi connectivity index (χ4n) is 2.53. The molecule has 2 rings (SSSR count). The van der Waals surface area contributed by atoms with Gasteiger partial charge in [0.1, 0.15) is 0 Å². The second-order valence-electron chi connectivity index (χ2n) is 7.82. The van der Waals surface area contributed by atoms with E-state index in [0.29, 0.717) is 5.75 Å². The van der Waals surface area contributed by atoms with E-state index in [9.17, 15) is 22.8 Å². The Hall–Kier alpha value is -2.28. The number of nitrogens with one attached hydrogen (secondary N) is 1. The average molecular weight is 424 g/mol. The first-order valence-corrected chi connectivity index (χ1v) is 10.1. The molecule has 0 saturated heterocycles. The van der Waals surface area contributed by atoms with Gasteiger partial charge in [-0.2, -0.15) is 13.2 Å². The number of hydrogen-bond acceptors (Lipinski definition) is 3. The van der Waals surface area contributed by atoms with Crippen molar-refractivity contribution >= 4 is 22.8 Å². The highest BCUT2D eigenvalue weighted by Crippen LogP contribution is 2.29. The molecular weight excluding hydrogens is 399 g/mol. The number of hydrogen-bond donors (Lipinski definition) is 1. The van der Waals surface area contributed by atoms with E-state index in [2.05, 4.69) is 26.1 Å². The number of carbonyl (C=O) groups is 2. The third-order valence-electron chi connectivity index (χ3n) is 4.38. The smallest absolute Gasteiger partial charge is 0.342 e. The summed E-state index contributed by atoms with van der Waals surface area (Å²) in [6, 6.07) is 11.2. The van der Waals surface area contributed by atoms with E-state index in [4.69, 9.17) is 0 Å². The van der Waals surface area contributed by atoms with Crippen LogP contribution >= 0.6 is 11.8 Å². The Bertz CT molecular complexity index is 854. The van der Waals surface area contributed by atoms with Crippen LogP contribution < -0.4 is 5.32 Å². The van der Waals surface area contributed by atoms with Gasteiger partial charge in [0, 0.05) is 11.3 Å². The standard InChI is InChI=1S/C22H24F3NO2S/c1-14(26-19(27)16-7-11-18(12-8-16)22(23,24)25)20(28)29-13-15-5-9-17(10-6-15)21(2,3)4/h5-12,14H,13H2,1-4H3,(H,26,27)/t14-/m1/s1. The predicted octanol–water partition coefficient (Wildman–Crippen LogP) is 5.58. The number of alkyl halides is 3. The van der Waals surface area contributed by atoms with Crippen LogP contribution in [-0.4, -0.2) is 17.1 Å². The lowest BCUT2D eigenvalue weighted by molar-refractivity contribution is -0.137. The van der Waals surface area contributed by atoms with Crippen molar-refractivity contribution < 1.29 is 22.8 Å². The van der Waals surface area contributed by atoms with Gasteiger partial charge in [-0.3, -0.25) is 9.59 Å².